The molecule has 1 fully saturated rings. The van der Waals surface area contributed by atoms with Crippen molar-refractivity contribution in [3.63, 3.8) is 0 Å². The molecule has 1 saturated heterocycles. The number of nitrogens with zero attached hydrogens (tertiary/aromatic N) is 1. The summed E-state index contributed by atoms with van der Waals surface area (Å²) in [5.74, 6) is 0.0448. The van der Waals surface area contributed by atoms with Crippen molar-refractivity contribution in [3.05, 3.63) is 34.9 Å². The Morgan fingerprint density at radius 1 is 1.39 bits per heavy atom. The number of likely N-dealkylation sites (tertiary alicyclic amines) is 1. The molecule has 0 saturated carbocycles. The van der Waals surface area contributed by atoms with Crippen LogP contribution in [0.3, 0.4) is 0 Å². The van der Waals surface area contributed by atoms with E-state index in [2.05, 4.69) is 0 Å². The summed E-state index contributed by atoms with van der Waals surface area (Å²) in [6.45, 7) is 0.567. The van der Waals surface area contributed by atoms with E-state index in [0.717, 1.165) is 5.56 Å². The molecule has 1 N–H and O–H groups in total. The second-order valence-electron chi connectivity index (χ2n) is 4.43. The molecule has 0 spiro atoms. The highest BCUT2D eigenvalue weighted by atomic mass is 35.5. The van der Waals surface area contributed by atoms with Gasteiger partial charge in [0, 0.05) is 24.6 Å². The first-order valence-electron chi connectivity index (χ1n) is 5.91. The minimum absolute atomic E-state index is 0.0318. The molecular weight excluding hydrogens is 273 g/mol. The third kappa shape index (κ3) is 2.97. The summed E-state index contributed by atoms with van der Waals surface area (Å²) < 4.78 is 0. The Bertz CT molecular complexity index is 422. The Balaban J connectivity index is 2.22. The molecule has 1 aliphatic heterocycles. The summed E-state index contributed by atoms with van der Waals surface area (Å²) in [6, 6.07) is 7.23. The molecule has 2 rings (SSSR count). The maximum absolute atomic E-state index is 11.9. The van der Waals surface area contributed by atoms with Crippen LogP contribution in [-0.4, -0.2) is 34.4 Å². The highest BCUT2D eigenvalue weighted by Crippen LogP contribution is 2.30. The van der Waals surface area contributed by atoms with Gasteiger partial charge in [-0.25, -0.2) is 0 Å². The molecule has 5 heteroatoms. The van der Waals surface area contributed by atoms with Gasteiger partial charge in [-0.05, 0) is 24.1 Å². The van der Waals surface area contributed by atoms with Crippen LogP contribution in [0.15, 0.2) is 24.3 Å². The Labute approximate surface area is 116 Å². The monoisotopic (exact) mass is 287 g/mol. The lowest BCUT2D eigenvalue weighted by molar-refractivity contribution is -0.130. The minimum Gasteiger partial charge on any atom is -0.396 e. The number of carbonyl (C=O) groups excluding carboxylic acids is 1. The fraction of sp³-hybridized carbons (Fsp3) is 0.462. The molecule has 0 aromatic heterocycles. The van der Waals surface area contributed by atoms with Crippen LogP contribution in [-0.2, 0) is 4.79 Å². The second-order valence-corrected chi connectivity index (χ2v) is 5.48. The van der Waals surface area contributed by atoms with Crippen LogP contribution in [0.4, 0.5) is 0 Å². The number of benzene rings is 1. The molecule has 3 nitrogen and oxygen atoms in total. The van der Waals surface area contributed by atoms with E-state index < -0.39 is 0 Å². The van der Waals surface area contributed by atoms with Crippen LogP contribution in [0.5, 0.6) is 0 Å². The zero-order valence-corrected chi connectivity index (χ0v) is 11.4. The third-order valence-corrected chi connectivity index (χ3v) is 3.69. The lowest BCUT2D eigenvalue weighted by Gasteiger charge is -2.28. The van der Waals surface area contributed by atoms with E-state index in [0.29, 0.717) is 24.4 Å². The molecule has 0 bridgehead atoms. The summed E-state index contributed by atoms with van der Waals surface area (Å²) in [7, 11) is 0. The number of alkyl halides is 1. The van der Waals surface area contributed by atoms with Crippen LogP contribution in [0.2, 0.25) is 5.02 Å². The molecule has 1 amide bonds. The van der Waals surface area contributed by atoms with E-state index in [9.17, 15) is 4.79 Å². The van der Waals surface area contributed by atoms with Gasteiger partial charge < -0.3 is 10.0 Å². The Morgan fingerprint density at radius 2 is 2.06 bits per heavy atom. The summed E-state index contributed by atoms with van der Waals surface area (Å²) in [6.07, 6.45) is 0.883. The first-order valence-corrected chi connectivity index (χ1v) is 6.73. The fourth-order valence-corrected chi connectivity index (χ4v) is 2.70. The first-order chi connectivity index (χ1) is 8.61. The number of amides is 1. The van der Waals surface area contributed by atoms with Gasteiger partial charge in [-0.1, -0.05) is 23.7 Å². The molecule has 2 unspecified atom stereocenters. The van der Waals surface area contributed by atoms with Crippen LogP contribution in [0.1, 0.15) is 24.4 Å². The number of carbonyl (C=O) groups is 1. The Kier molecular flexibility index (Phi) is 4.49. The van der Waals surface area contributed by atoms with Crippen LogP contribution in [0.25, 0.3) is 0 Å². The van der Waals surface area contributed by atoms with Gasteiger partial charge in [0.25, 0.3) is 0 Å². The van der Waals surface area contributed by atoms with Crippen LogP contribution < -0.4 is 0 Å². The van der Waals surface area contributed by atoms with E-state index in [4.69, 9.17) is 28.3 Å². The van der Waals surface area contributed by atoms with Crippen LogP contribution in [0, 0.1) is 0 Å². The van der Waals surface area contributed by atoms with E-state index in [-0.39, 0.29) is 23.9 Å². The number of aliphatic hydroxyl groups excluding tert-OH is 1. The predicted molar refractivity (Wildman–Crippen MR) is 71.9 cm³/mol. The van der Waals surface area contributed by atoms with Crippen molar-refractivity contribution >= 4 is 29.1 Å². The van der Waals surface area contributed by atoms with Gasteiger partial charge >= 0.3 is 0 Å². The largest absolute Gasteiger partial charge is 0.396 e. The van der Waals surface area contributed by atoms with E-state index >= 15 is 0 Å². The first kappa shape index (κ1) is 13.7. The van der Waals surface area contributed by atoms with Gasteiger partial charge in [-0.2, -0.15) is 0 Å². The molecule has 1 aromatic carbocycles. The second kappa shape index (κ2) is 5.91. The number of halogens is 2. The number of aliphatic hydroxyl groups is 1. The van der Waals surface area contributed by atoms with Crippen molar-refractivity contribution in [2.45, 2.75) is 24.3 Å². The molecule has 1 heterocycles. The zero-order chi connectivity index (χ0) is 13.1. The summed E-state index contributed by atoms with van der Waals surface area (Å²) in [4.78, 5) is 13.6. The highest BCUT2D eigenvalue weighted by Gasteiger charge is 2.33. The van der Waals surface area contributed by atoms with Crippen LogP contribution >= 0.6 is 23.2 Å². The molecule has 0 radical (unpaired) electrons. The van der Waals surface area contributed by atoms with Gasteiger partial charge in [0.2, 0.25) is 5.91 Å². The summed E-state index contributed by atoms with van der Waals surface area (Å²) >= 11 is 11.9. The van der Waals surface area contributed by atoms with Gasteiger partial charge in [0.1, 0.15) is 0 Å². The quantitative estimate of drug-likeness (QED) is 0.865. The topological polar surface area (TPSA) is 40.5 Å². The van der Waals surface area contributed by atoms with Gasteiger partial charge in [-0.15, -0.1) is 11.6 Å². The smallest absolute Gasteiger partial charge is 0.224 e. The number of hydrogen-bond acceptors (Lipinski definition) is 2. The minimum atomic E-state index is -0.133. The van der Waals surface area contributed by atoms with Gasteiger partial charge in [0.15, 0.2) is 0 Å². The van der Waals surface area contributed by atoms with E-state index in [1.165, 1.54) is 0 Å². The lowest BCUT2D eigenvalue weighted by atomic mass is 10.0. The van der Waals surface area contributed by atoms with Gasteiger partial charge in [-0.3, -0.25) is 4.79 Å². The average Bonchev–Trinajstić information content (AvgIpc) is 2.67. The third-order valence-electron chi connectivity index (χ3n) is 3.14. The molecule has 18 heavy (non-hydrogen) atoms. The Hall–Kier alpha value is -0.770. The Morgan fingerprint density at radius 3 is 2.56 bits per heavy atom. The van der Waals surface area contributed by atoms with E-state index in [1.807, 2.05) is 12.1 Å². The van der Waals surface area contributed by atoms with Gasteiger partial charge in [0.05, 0.1) is 11.4 Å². The number of hydrogen-bond donors (Lipinski definition) is 1. The molecule has 1 aromatic rings. The van der Waals surface area contributed by atoms with Crippen molar-refractivity contribution in [2.75, 3.05) is 13.2 Å². The standard InChI is InChI=1S/C13H15Cl2NO2/c14-10-3-1-9(2-4-10)12(5-6-17)16-8-11(15)7-13(16)18/h1-4,11-12,17H,5-8H2. The maximum atomic E-state index is 11.9. The zero-order valence-electron chi connectivity index (χ0n) is 9.85. The van der Waals surface area contributed by atoms with E-state index in [1.54, 1.807) is 17.0 Å². The highest BCUT2D eigenvalue weighted by molar-refractivity contribution is 6.30. The predicted octanol–water partition coefficient (Wildman–Crippen LogP) is 2.60. The molecule has 2 atom stereocenters. The van der Waals surface area contributed by atoms with Crippen molar-refractivity contribution in [3.8, 4) is 0 Å². The molecule has 1 aliphatic rings. The van der Waals surface area contributed by atoms with Crippen molar-refractivity contribution in [1.29, 1.82) is 0 Å². The van der Waals surface area contributed by atoms with Crippen molar-refractivity contribution < 1.29 is 9.90 Å². The van der Waals surface area contributed by atoms with Crippen molar-refractivity contribution in [1.82, 2.24) is 4.90 Å². The molecule has 98 valence electrons. The SMILES string of the molecule is O=C1CC(Cl)CN1C(CCO)c1ccc(Cl)cc1. The average molecular weight is 288 g/mol. The molecule has 0 aliphatic carbocycles. The summed E-state index contributed by atoms with van der Waals surface area (Å²) in [5.41, 5.74) is 0.979. The molecular formula is C13H15Cl2NO2. The summed E-state index contributed by atoms with van der Waals surface area (Å²) in [5, 5.41) is 9.69. The fourth-order valence-electron chi connectivity index (χ4n) is 2.30. The normalized spacial score (nSPS) is 21.4. The van der Waals surface area contributed by atoms with Crippen molar-refractivity contribution in [2.24, 2.45) is 0 Å². The lowest BCUT2D eigenvalue weighted by Crippen LogP contribution is -2.31. The number of rotatable bonds is 4. The maximum Gasteiger partial charge on any atom is 0.224 e.